The summed E-state index contributed by atoms with van der Waals surface area (Å²) in [5, 5.41) is 8.72. The smallest absolute Gasteiger partial charge is 0.308 e. The van der Waals surface area contributed by atoms with Gasteiger partial charge in [-0.05, 0) is 0 Å². The lowest BCUT2D eigenvalue weighted by Gasteiger charge is -2.19. The van der Waals surface area contributed by atoms with E-state index in [-0.39, 0.29) is 12.5 Å². The highest BCUT2D eigenvalue weighted by Gasteiger charge is 2.36. The van der Waals surface area contributed by atoms with Crippen LogP contribution < -0.4 is 0 Å². The summed E-state index contributed by atoms with van der Waals surface area (Å²) < 4.78 is 15.5. The van der Waals surface area contributed by atoms with Crippen LogP contribution in [0.5, 0.6) is 0 Å². The average Bonchev–Trinajstić information content (AvgIpc) is 2.72. The largest absolute Gasteiger partial charge is 0.450 e. The molecule has 2 heterocycles. The fourth-order valence-corrected chi connectivity index (χ4v) is 1.05. The third-order valence-corrected chi connectivity index (χ3v) is 1.78. The van der Waals surface area contributed by atoms with Gasteiger partial charge in [-0.25, -0.2) is 4.98 Å². The van der Waals surface area contributed by atoms with Crippen LogP contribution in [0, 0.1) is 0 Å². The van der Waals surface area contributed by atoms with Crippen molar-refractivity contribution in [3.63, 3.8) is 0 Å². The first-order valence-electron chi connectivity index (χ1n) is 3.81. The molecule has 0 spiro atoms. The maximum atomic E-state index is 8.72. The van der Waals surface area contributed by atoms with Gasteiger partial charge in [0.15, 0.2) is 0 Å². The topological polar surface area (TPSA) is 64.7 Å². The van der Waals surface area contributed by atoms with Crippen molar-refractivity contribution in [1.82, 2.24) is 4.98 Å². The minimum atomic E-state index is -0.944. The summed E-state index contributed by atoms with van der Waals surface area (Å²) in [6.45, 7) is 1.47. The van der Waals surface area contributed by atoms with E-state index < -0.39 is 5.79 Å². The predicted octanol–water partition coefficient (Wildman–Crippen LogP) is 0.858. The van der Waals surface area contributed by atoms with E-state index in [1.54, 1.807) is 6.92 Å². The molecule has 0 atom stereocenters. The van der Waals surface area contributed by atoms with Crippen molar-refractivity contribution in [2.75, 3.05) is 0 Å². The lowest BCUT2D eigenvalue weighted by atomic mass is 10.3. The zero-order valence-electron chi connectivity index (χ0n) is 7.06. The van der Waals surface area contributed by atoms with E-state index in [0.717, 1.165) is 0 Å². The molecule has 0 saturated carbocycles. The molecule has 0 bridgehead atoms. The van der Waals surface area contributed by atoms with E-state index in [9.17, 15) is 0 Å². The first-order chi connectivity index (χ1) is 6.24. The van der Waals surface area contributed by atoms with Gasteiger partial charge >= 0.3 is 5.79 Å². The van der Waals surface area contributed by atoms with Crippen molar-refractivity contribution in [2.24, 2.45) is 0 Å². The zero-order valence-corrected chi connectivity index (χ0v) is 7.06. The third kappa shape index (κ3) is 1.27. The van der Waals surface area contributed by atoms with E-state index >= 15 is 0 Å². The number of hydrogen-bond acceptors (Lipinski definition) is 5. The van der Waals surface area contributed by atoms with Gasteiger partial charge in [-0.3, -0.25) is 0 Å². The molecule has 1 aromatic rings. The van der Waals surface area contributed by atoms with Gasteiger partial charge in [-0.2, -0.15) is 0 Å². The molecule has 0 fully saturated rings. The van der Waals surface area contributed by atoms with E-state index in [2.05, 4.69) is 4.98 Å². The van der Waals surface area contributed by atoms with Gasteiger partial charge in [0, 0.05) is 6.92 Å². The summed E-state index contributed by atoms with van der Waals surface area (Å²) in [5.41, 5.74) is 0. The molecule has 1 aliphatic heterocycles. The lowest BCUT2D eigenvalue weighted by Crippen LogP contribution is -2.21. The Morgan fingerprint density at radius 1 is 1.46 bits per heavy atom. The van der Waals surface area contributed by atoms with Crippen LogP contribution in [0.4, 0.5) is 0 Å². The van der Waals surface area contributed by atoms with E-state index in [1.807, 2.05) is 0 Å². The molecule has 5 heteroatoms. The van der Waals surface area contributed by atoms with Crippen LogP contribution in [0.25, 0.3) is 0 Å². The van der Waals surface area contributed by atoms with Gasteiger partial charge in [-0.1, -0.05) is 0 Å². The Balaban J connectivity index is 2.24. The quantitative estimate of drug-likeness (QED) is 0.736. The molecule has 0 aromatic carbocycles. The van der Waals surface area contributed by atoms with E-state index in [1.165, 1.54) is 18.7 Å². The average molecular weight is 183 g/mol. The number of aliphatic hydroxyl groups excluding tert-OH is 1. The predicted molar refractivity (Wildman–Crippen MR) is 41.1 cm³/mol. The Morgan fingerprint density at radius 2 is 2.15 bits per heavy atom. The number of oxazole rings is 1. The molecule has 70 valence electrons. The molecule has 0 unspecified atom stereocenters. The molecule has 0 radical (unpaired) electrons. The number of aliphatic hydroxyl groups is 1. The Kier molecular flexibility index (Phi) is 1.73. The van der Waals surface area contributed by atoms with Crippen molar-refractivity contribution in [3.05, 3.63) is 30.4 Å². The van der Waals surface area contributed by atoms with Crippen molar-refractivity contribution in [2.45, 2.75) is 19.3 Å². The Hall–Kier alpha value is -1.49. The first-order valence-corrected chi connectivity index (χ1v) is 3.81. The molecule has 13 heavy (non-hydrogen) atoms. The second kappa shape index (κ2) is 2.77. The van der Waals surface area contributed by atoms with Crippen molar-refractivity contribution in [1.29, 1.82) is 0 Å². The molecule has 0 amide bonds. The van der Waals surface area contributed by atoms with Crippen LogP contribution in [0.3, 0.4) is 0 Å². The van der Waals surface area contributed by atoms with Gasteiger partial charge < -0.3 is 19.0 Å². The van der Waals surface area contributed by atoms with Crippen molar-refractivity contribution >= 4 is 0 Å². The fraction of sp³-hybridized carbons (Fsp3) is 0.375. The molecule has 1 aliphatic rings. The standard InChI is InChI=1S/C8H9NO4/c1-8(11-2-3-12-8)6-4-9-7(5-10)13-6/h2-4,10H,5H2,1H3. The summed E-state index contributed by atoms with van der Waals surface area (Å²) in [7, 11) is 0. The normalized spacial score (nSPS) is 18.3. The number of hydrogen-bond donors (Lipinski definition) is 1. The highest BCUT2D eigenvalue weighted by atomic mass is 16.7. The Bertz CT molecular complexity index is 323. The number of ether oxygens (including phenoxy) is 2. The second-order valence-electron chi connectivity index (χ2n) is 2.73. The Labute approximate surface area is 74.6 Å². The second-order valence-corrected chi connectivity index (χ2v) is 2.73. The zero-order chi connectivity index (χ0) is 9.31. The number of nitrogens with zero attached hydrogens (tertiary/aromatic N) is 1. The minimum absolute atomic E-state index is 0.233. The molecule has 1 N–H and O–H groups in total. The molecular weight excluding hydrogens is 174 g/mol. The van der Waals surface area contributed by atoms with E-state index in [0.29, 0.717) is 5.76 Å². The van der Waals surface area contributed by atoms with Gasteiger partial charge in [0.1, 0.15) is 19.1 Å². The van der Waals surface area contributed by atoms with Gasteiger partial charge in [-0.15, -0.1) is 0 Å². The molecule has 5 nitrogen and oxygen atoms in total. The minimum Gasteiger partial charge on any atom is -0.450 e. The maximum Gasteiger partial charge on any atom is 0.308 e. The summed E-state index contributed by atoms with van der Waals surface area (Å²) in [6.07, 6.45) is 4.33. The number of rotatable bonds is 2. The van der Waals surface area contributed by atoms with Crippen LogP contribution in [0.2, 0.25) is 0 Å². The van der Waals surface area contributed by atoms with Crippen LogP contribution in [0.15, 0.2) is 23.1 Å². The third-order valence-electron chi connectivity index (χ3n) is 1.78. The van der Waals surface area contributed by atoms with Gasteiger partial charge in [0.25, 0.3) is 0 Å². The van der Waals surface area contributed by atoms with Crippen LogP contribution in [-0.2, 0) is 21.9 Å². The maximum absolute atomic E-state index is 8.72. The summed E-state index contributed by atoms with van der Waals surface area (Å²) >= 11 is 0. The highest BCUT2D eigenvalue weighted by Crippen LogP contribution is 2.31. The molecular formula is C8H9NO4. The molecule has 1 aromatic heterocycles. The summed E-state index contributed by atoms with van der Waals surface area (Å²) in [4.78, 5) is 3.82. The molecule has 0 aliphatic carbocycles. The highest BCUT2D eigenvalue weighted by molar-refractivity contribution is 5.04. The molecule has 0 saturated heterocycles. The fourth-order valence-electron chi connectivity index (χ4n) is 1.05. The monoisotopic (exact) mass is 183 g/mol. The number of aromatic nitrogens is 1. The van der Waals surface area contributed by atoms with E-state index in [4.69, 9.17) is 19.0 Å². The lowest BCUT2D eigenvalue weighted by molar-refractivity contribution is -0.147. The Morgan fingerprint density at radius 3 is 2.69 bits per heavy atom. The van der Waals surface area contributed by atoms with Gasteiger partial charge in [0.2, 0.25) is 11.7 Å². The van der Waals surface area contributed by atoms with Crippen LogP contribution in [-0.4, -0.2) is 10.1 Å². The SMILES string of the molecule is CC1(c2cnc(CO)o2)OC=CO1. The molecule has 2 rings (SSSR count). The van der Waals surface area contributed by atoms with Crippen LogP contribution >= 0.6 is 0 Å². The first kappa shape index (κ1) is 8.12. The van der Waals surface area contributed by atoms with Gasteiger partial charge in [0.05, 0.1) is 6.20 Å². The van der Waals surface area contributed by atoms with Crippen LogP contribution in [0.1, 0.15) is 18.6 Å². The summed E-state index contributed by atoms with van der Waals surface area (Å²) in [6, 6.07) is 0. The van der Waals surface area contributed by atoms with Crippen molar-refractivity contribution in [3.8, 4) is 0 Å². The summed E-state index contributed by atoms with van der Waals surface area (Å²) in [5.74, 6) is -0.266. The van der Waals surface area contributed by atoms with Crippen molar-refractivity contribution < 1.29 is 19.0 Å².